The molecule has 31 heavy (non-hydrogen) atoms. The van der Waals surface area contributed by atoms with E-state index in [4.69, 9.17) is 27.6 Å². The number of halogens is 2. The highest BCUT2D eigenvalue weighted by atomic mass is 35.5. The van der Waals surface area contributed by atoms with Crippen molar-refractivity contribution in [2.45, 2.75) is 0 Å². The summed E-state index contributed by atoms with van der Waals surface area (Å²) in [5.74, 6) is 0.135. The number of carbonyl (C=O) groups is 2. The van der Waals surface area contributed by atoms with Crippen molar-refractivity contribution in [3.05, 3.63) is 86.2 Å². The van der Waals surface area contributed by atoms with Crippen molar-refractivity contribution in [1.82, 2.24) is 0 Å². The van der Waals surface area contributed by atoms with Gasteiger partial charge in [0, 0.05) is 26.8 Å². The standard InChI is InChI=1S/C24H10Cl2O3S2/c25-16-8-13-14(9-17(16)26)24(28)15(23(13)27)6-12-7-18-22(30-12)10-19(29-18)21-5-11-3-1-2-4-20(11)31-21/h1-10H. The number of furan rings is 1. The maximum atomic E-state index is 12.7. The molecule has 0 atom stereocenters. The number of hydrogen-bond acceptors (Lipinski definition) is 5. The molecule has 1 aliphatic rings. The highest BCUT2D eigenvalue weighted by Gasteiger charge is 2.34. The van der Waals surface area contributed by atoms with Gasteiger partial charge in [0.2, 0.25) is 0 Å². The maximum absolute atomic E-state index is 12.7. The quantitative estimate of drug-likeness (QED) is 0.189. The molecule has 3 aromatic heterocycles. The summed E-state index contributed by atoms with van der Waals surface area (Å²) >= 11 is 15.2. The van der Waals surface area contributed by atoms with Crippen molar-refractivity contribution in [3.63, 3.8) is 0 Å². The average molecular weight is 481 g/mol. The molecule has 2 aromatic carbocycles. The van der Waals surface area contributed by atoms with Gasteiger partial charge in [-0.2, -0.15) is 0 Å². The number of fused-ring (bicyclic) bond motifs is 3. The van der Waals surface area contributed by atoms with Crippen molar-refractivity contribution in [3.8, 4) is 10.6 Å². The van der Waals surface area contributed by atoms with Crippen LogP contribution in [-0.2, 0) is 0 Å². The summed E-state index contributed by atoms with van der Waals surface area (Å²) in [4.78, 5) is 27.3. The van der Waals surface area contributed by atoms with E-state index in [0.29, 0.717) is 0 Å². The van der Waals surface area contributed by atoms with E-state index in [9.17, 15) is 9.59 Å². The fourth-order valence-corrected chi connectivity index (χ4v) is 6.05. The first kappa shape index (κ1) is 19.0. The Morgan fingerprint density at radius 2 is 1.52 bits per heavy atom. The number of allylic oxidation sites excluding steroid dienone is 1. The van der Waals surface area contributed by atoms with Crippen LogP contribution in [0.4, 0.5) is 0 Å². The minimum Gasteiger partial charge on any atom is -0.454 e. The number of hydrogen-bond donors (Lipinski definition) is 0. The second-order valence-corrected chi connectivity index (χ2v) is 10.2. The first-order valence-electron chi connectivity index (χ1n) is 9.30. The van der Waals surface area contributed by atoms with Gasteiger partial charge in [0.15, 0.2) is 11.6 Å². The molecule has 0 radical (unpaired) electrons. The van der Waals surface area contributed by atoms with Gasteiger partial charge < -0.3 is 4.42 Å². The van der Waals surface area contributed by atoms with Gasteiger partial charge in [0.25, 0.3) is 0 Å². The van der Waals surface area contributed by atoms with Crippen LogP contribution in [0.15, 0.2) is 64.6 Å². The first-order chi connectivity index (χ1) is 15.0. The van der Waals surface area contributed by atoms with Crippen LogP contribution in [0, 0.1) is 0 Å². The smallest absolute Gasteiger partial charge is 0.197 e. The Hall–Kier alpha value is -2.70. The topological polar surface area (TPSA) is 47.3 Å². The van der Waals surface area contributed by atoms with Gasteiger partial charge in [-0.3, -0.25) is 9.59 Å². The molecule has 0 amide bonds. The van der Waals surface area contributed by atoms with Crippen LogP contribution in [0.2, 0.25) is 10.0 Å². The molecule has 0 spiro atoms. The van der Waals surface area contributed by atoms with Gasteiger partial charge >= 0.3 is 0 Å². The molecule has 0 saturated heterocycles. The van der Waals surface area contributed by atoms with Crippen LogP contribution < -0.4 is 0 Å². The average Bonchev–Trinajstić information content (AvgIpc) is 3.48. The van der Waals surface area contributed by atoms with Gasteiger partial charge in [0.1, 0.15) is 11.3 Å². The van der Waals surface area contributed by atoms with E-state index >= 15 is 0 Å². The molecule has 3 nitrogen and oxygen atoms in total. The predicted octanol–water partition coefficient (Wildman–Crippen LogP) is 8.15. The lowest BCUT2D eigenvalue weighted by Crippen LogP contribution is -1.99. The molecule has 5 aromatic rings. The van der Waals surface area contributed by atoms with Gasteiger partial charge in [0.05, 0.1) is 25.2 Å². The van der Waals surface area contributed by atoms with Crippen molar-refractivity contribution in [2.75, 3.05) is 0 Å². The lowest BCUT2D eigenvalue weighted by molar-refractivity contribution is 0.0990. The number of carbonyl (C=O) groups excluding carboxylic acids is 2. The molecule has 3 heterocycles. The SMILES string of the molecule is O=C1C(=Cc2cc3oc(-c4cc5ccccc5s4)cc3s2)C(=O)c2cc(Cl)c(Cl)cc21. The Morgan fingerprint density at radius 3 is 2.19 bits per heavy atom. The summed E-state index contributed by atoms with van der Waals surface area (Å²) in [6.45, 7) is 0. The zero-order chi connectivity index (χ0) is 21.3. The fraction of sp³-hybridized carbons (Fsp3) is 0. The van der Waals surface area contributed by atoms with E-state index in [-0.39, 0.29) is 38.3 Å². The third-order valence-electron chi connectivity index (χ3n) is 5.22. The van der Waals surface area contributed by atoms with E-state index in [1.165, 1.54) is 33.6 Å². The Bertz CT molecular complexity index is 1490. The predicted molar refractivity (Wildman–Crippen MR) is 128 cm³/mol. The van der Waals surface area contributed by atoms with Crippen LogP contribution in [0.5, 0.6) is 0 Å². The molecule has 1 aliphatic carbocycles. The molecule has 7 heteroatoms. The second kappa shape index (κ2) is 6.90. The van der Waals surface area contributed by atoms with Gasteiger partial charge in [-0.1, -0.05) is 41.4 Å². The Morgan fingerprint density at radius 1 is 0.806 bits per heavy atom. The van der Waals surface area contributed by atoms with Gasteiger partial charge in [-0.05, 0) is 41.8 Å². The van der Waals surface area contributed by atoms with Crippen LogP contribution in [0.25, 0.3) is 37.1 Å². The van der Waals surface area contributed by atoms with Crippen molar-refractivity contribution < 1.29 is 14.0 Å². The van der Waals surface area contributed by atoms with Crippen LogP contribution in [-0.4, -0.2) is 11.6 Å². The minimum atomic E-state index is -0.338. The third-order valence-corrected chi connectivity index (χ3v) is 8.08. The molecular weight excluding hydrogens is 471 g/mol. The fourth-order valence-electron chi connectivity index (χ4n) is 3.74. The second-order valence-electron chi connectivity index (χ2n) is 7.16. The number of thiophene rings is 2. The normalized spacial score (nSPS) is 13.5. The number of Topliss-reactive ketones (excluding diaryl/α,β-unsaturated/α-hetero) is 2. The molecule has 6 rings (SSSR count). The van der Waals surface area contributed by atoms with Crippen LogP contribution >= 0.6 is 45.9 Å². The summed E-state index contributed by atoms with van der Waals surface area (Å²) in [6, 6.07) is 17.1. The third kappa shape index (κ3) is 3.00. The van der Waals surface area contributed by atoms with Crippen LogP contribution in [0.1, 0.15) is 25.6 Å². The molecular formula is C24H10Cl2O3S2. The van der Waals surface area contributed by atoms with E-state index < -0.39 is 0 Å². The molecule has 0 N–H and O–H groups in total. The van der Waals surface area contributed by atoms with E-state index in [1.807, 2.05) is 24.3 Å². The lowest BCUT2D eigenvalue weighted by Gasteiger charge is -1.98. The lowest BCUT2D eigenvalue weighted by atomic mass is 10.1. The Kier molecular flexibility index (Phi) is 4.24. The van der Waals surface area contributed by atoms with Crippen molar-refractivity contribution in [1.29, 1.82) is 0 Å². The molecule has 0 aliphatic heterocycles. The summed E-state index contributed by atoms with van der Waals surface area (Å²) < 4.78 is 8.23. The van der Waals surface area contributed by atoms with E-state index in [1.54, 1.807) is 17.4 Å². The molecule has 0 unspecified atom stereocenters. The van der Waals surface area contributed by atoms with Gasteiger partial charge in [-0.15, -0.1) is 22.7 Å². The van der Waals surface area contributed by atoms with Crippen LogP contribution in [0.3, 0.4) is 0 Å². The number of ketones is 2. The first-order valence-corrected chi connectivity index (χ1v) is 11.7. The Balaban J connectivity index is 1.37. The van der Waals surface area contributed by atoms with Gasteiger partial charge in [-0.25, -0.2) is 0 Å². The zero-order valence-electron chi connectivity index (χ0n) is 15.6. The highest BCUT2D eigenvalue weighted by molar-refractivity contribution is 7.22. The molecule has 0 bridgehead atoms. The van der Waals surface area contributed by atoms with E-state index in [0.717, 1.165) is 25.8 Å². The number of benzene rings is 2. The molecule has 0 saturated carbocycles. The Labute approximate surface area is 194 Å². The summed E-state index contributed by atoms with van der Waals surface area (Å²) in [5, 5.41) is 1.70. The van der Waals surface area contributed by atoms with Crippen molar-refractivity contribution in [2.24, 2.45) is 0 Å². The zero-order valence-corrected chi connectivity index (χ0v) is 18.7. The van der Waals surface area contributed by atoms with Crippen molar-refractivity contribution >= 4 is 83.9 Å². The summed E-state index contributed by atoms with van der Waals surface area (Å²) in [7, 11) is 0. The summed E-state index contributed by atoms with van der Waals surface area (Å²) in [6.07, 6.45) is 1.62. The molecule has 150 valence electrons. The highest BCUT2D eigenvalue weighted by Crippen LogP contribution is 2.40. The maximum Gasteiger partial charge on any atom is 0.197 e. The summed E-state index contributed by atoms with van der Waals surface area (Å²) in [5.41, 5.74) is 1.42. The monoisotopic (exact) mass is 480 g/mol. The molecule has 0 fully saturated rings. The van der Waals surface area contributed by atoms with E-state index in [2.05, 4.69) is 18.2 Å². The minimum absolute atomic E-state index is 0.113. The largest absolute Gasteiger partial charge is 0.454 e. The number of rotatable bonds is 2.